The lowest BCUT2D eigenvalue weighted by atomic mass is 10.2. The molecular weight excluding hydrogens is 356 g/mol. The van der Waals surface area contributed by atoms with E-state index in [-0.39, 0.29) is 16.2 Å². The summed E-state index contributed by atoms with van der Waals surface area (Å²) in [5.41, 5.74) is 0. The maximum Gasteiger partial charge on any atom is 0.250 e. The molecule has 0 saturated heterocycles. The molecule has 1 rings (SSSR count). The summed E-state index contributed by atoms with van der Waals surface area (Å²) in [5, 5.41) is 0.387. The lowest BCUT2D eigenvalue weighted by molar-refractivity contribution is 0.134. The fraction of sp³-hybridized carbons (Fsp3) is 0.714. The molecule has 0 heterocycles. The largest absolute Gasteiger partial charge is 0.543 e. The Labute approximate surface area is 163 Å². The van der Waals surface area contributed by atoms with Gasteiger partial charge in [0, 0.05) is 6.07 Å². The molecule has 0 aliphatic rings. The second kappa shape index (κ2) is 8.07. The summed E-state index contributed by atoms with van der Waals surface area (Å²) in [6.45, 7) is 25.3. The molecule has 0 N–H and O–H groups in total. The average Bonchev–Trinajstić information content (AvgIpc) is 2.42. The van der Waals surface area contributed by atoms with E-state index in [1.54, 1.807) is 0 Å². The van der Waals surface area contributed by atoms with E-state index >= 15 is 0 Å². The maximum atomic E-state index is 6.38. The van der Waals surface area contributed by atoms with Gasteiger partial charge in [0.25, 0.3) is 0 Å². The average molecular weight is 397 g/mol. The zero-order valence-corrected chi connectivity index (χ0v) is 20.8. The molecule has 0 aliphatic carbocycles. The third-order valence-corrected chi connectivity index (χ3v) is 14.7. The lowest BCUT2D eigenvalue weighted by Crippen LogP contribution is -2.43. The second-order valence-corrected chi connectivity index (χ2v) is 19.9. The molecular formula is C21H40O3Si2. The maximum absolute atomic E-state index is 6.38. The first-order valence-electron chi connectivity index (χ1n) is 9.65. The topological polar surface area (TPSA) is 27.7 Å². The van der Waals surface area contributed by atoms with Gasteiger partial charge in [0.05, 0.1) is 6.61 Å². The number of rotatable bonds is 7. The molecule has 0 saturated carbocycles. The Kier molecular flexibility index (Phi) is 7.22. The highest BCUT2D eigenvalue weighted by molar-refractivity contribution is 6.75. The van der Waals surface area contributed by atoms with Gasteiger partial charge >= 0.3 is 0 Å². The minimum atomic E-state index is -1.84. The van der Waals surface area contributed by atoms with Crippen LogP contribution in [0.3, 0.4) is 0 Å². The van der Waals surface area contributed by atoms with Crippen LogP contribution in [0.2, 0.25) is 36.3 Å². The van der Waals surface area contributed by atoms with Gasteiger partial charge in [0.15, 0.2) is 8.32 Å². The highest BCUT2D eigenvalue weighted by Crippen LogP contribution is 2.38. The van der Waals surface area contributed by atoms with Crippen molar-refractivity contribution >= 4 is 16.6 Å². The van der Waals surface area contributed by atoms with Crippen LogP contribution in [-0.4, -0.2) is 29.3 Å². The molecule has 26 heavy (non-hydrogen) atoms. The summed E-state index contributed by atoms with van der Waals surface area (Å²) in [5.74, 6) is 1.74. The summed E-state index contributed by atoms with van der Waals surface area (Å²) < 4.78 is 18.8. The highest BCUT2D eigenvalue weighted by atomic mass is 28.4. The van der Waals surface area contributed by atoms with Gasteiger partial charge in [-0.2, -0.15) is 0 Å². The molecule has 5 heteroatoms. The summed E-state index contributed by atoms with van der Waals surface area (Å²) in [7, 11) is -3.59. The van der Waals surface area contributed by atoms with Crippen LogP contribution < -0.4 is 9.16 Å². The van der Waals surface area contributed by atoms with Gasteiger partial charge in [0.2, 0.25) is 8.32 Å². The van der Waals surface area contributed by atoms with E-state index < -0.39 is 16.6 Å². The van der Waals surface area contributed by atoms with Crippen LogP contribution in [-0.2, 0) is 4.43 Å². The van der Waals surface area contributed by atoms with Crippen LogP contribution in [0, 0.1) is 0 Å². The highest BCUT2D eigenvalue weighted by Gasteiger charge is 2.39. The van der Waals surface area contributed by atoms with E-state index in [1.165, 1.54) is 0 Å². The van der Waals surface area contributed by atoms with Crippen LogP contribution in [0.4, 0.5) is 0 Å². The zero-order valence-electron chi connectivity index (χ0n) is 18.8. The Hall–Kier alpha value is -0.786. The first-order valence-corrected chi connectivity index (χ1v) is 15.5. The van der Waals surface area contributed by atoms with E-state index in [9.17, 15) is 0 Å². The summed E-state index contributed by atoms with van der Waals surface area (Å²) in [6, 6.07) is 8.01. The number of benzene rings is 1. The molecule has 1 unspecified atom stereocenters. The third-order valence-electron chi connectivity index (χ3n) is 5.81. The van der Waals surface area contributed by atoms with Crippen LogP contribution in [0.15, 0.2) is 24.3 Å². The number of hydrogen-bond acceptors (Lipinski definition) is 3. The van der Waals surface area contributed by atoms with Crippen molar-refractivity contribution < 1.29 is 13.6 Å². The fourth-order valence-electron chi connectivity index (χ4n) is 1.87. The fourth-order valence-corrected chi connectivity index (χ4v) is 3.97. The summed E-state index contributed by atoms with van der Waals surface area (Å²) in [6.07, 6.45) is 0.00671. The minimum absolute atomic E-state index is 0.00671. The van der Waals surface area contributed by atoms with Gasteiger partial charge in [-0.1, -0.05) is 47.6 Å². The van der Waals surface area contributed by atoms with Gasteiger partial charge in [-0.15, -0.1) is 0 Å². The predicted octanol–water partition coefficient (Wildman–Crippen LogP) is 6.86. The molecule has 0 aliphatic heterocycles. The predicted molar refractivity (Wildman–Crippen MR) is 118 cm³/mol. The molecule has 1 aromatic carbocycles. The molecule has 1 aromatic rings. The van der Waals surface area contributed by atoms with E-state index in [4.69, 9.17) is 13.6 Å². The Balaban J connectivity index is 2.72. The van der Waals surface area contributed by atoms with Crippen molar-refractivity contribution in [1.82, 2.24) is 0 Å². The molecule has 150 valence electrons. The second-order valence-electron chi connectivity index (χ2n) is 10.3. The molecule has 0 bridgehead atoms. The van der Waals surface area contributed by atoms with Crippen molar-refractivity contribution in [2.24, 2.45) is 0 Å². The summed E-state index contributed by atoms with van der Waals surface area (Å²) >= 11 is 0. The van der Waals surface area contributed by atoms with E-state index in [0.29, 0.717) is 6.61 Å². The Morgan fingerprint density at radius 1 is 0.846 bits per heavy atom. The van der Waals surface area contributed by atoms with Crippen molar-refractivity contribution in [2.45, 2.75) is 90.8 Å². The zero-order chi connectivity index (χ0) is 20.4. The Bertz CT molecular complexity index is 584. The Morgan fingerprint density at radius 2 is 1.35 bits per heavy atom. The summed E-state index contributed by atoms with van der Waals surface area (Å²) in [4.78, 5) is 0. The van der Waals surface area contributed by atoms with Crippen molar-refractivity contribution in [1.29, 1.82) is 0 Å². The van der Waals surface area contributed by atoms with E-state index in [0.717, 1.165) is 11.5 Å². The molecule has 0 aromatic heterocycles. The first-order chi connectivity index (χ1) is 11.6. The van der Waals surface area contributed by atoms with Crippen LogP contribution in [0.1, 0.15) is 48.5 Å². The van der Waals surface area contributed by atoms with Crippen molar-refractivity contribution in [3.63, 3.8) is 0 Å². The van der Waals surface area contributed by atoms with Crippen LogP contribution >= 0.6 is 0 Å². The van der Waals surface area contributed by atoms with E-state index in [1.807, 2.05) is 24.3 Å². The van der Waals surface area contributed by atoms with Crippen molar-refractivity contribution in [3.05, 3.63) is 24.3 Å². The van der Waals surface area contributed by atoms with Gasteiger partial charge in [-0.25, -0.2) is 0 Å². The quantitative estimate of drug-likeness (QED) is 0.471. The molecule has 1 atom stereocenters. The molecule has 0 spiro atoms. The minimum Gasteiger partial charge on any atom is -0.543 e. The molecule has 3 nitrogen and oxygen atoms in total. The van der Waals surface area contributed by atoms with E-state index in [2.05, 4.69) is 74.7 Å². The van der Waals surface area contributed by atoms with Gasteiger partial charge in [0.1, 0.15) is 17.6 Å². The van der Waals surface area contributed by atoms with Crippen LogP contribution in [0.25, 0.3) is 0 Å². The van der Waals surface area contributed by atoms with Crippen molar-refractivity contribution in [3.8, 4) is 11.5 Å². The normalized spacial score (nSPS) is 14.9. The first kappa shape index (κ1) is 23.3. The Morgan fingerprint density at radius 3 is 1.85 bits per heavy atom. The number of ether oxygens (including phenoxy) is 1. The number of hydrogen-bond donors (Lipinski definition) is 0. The van der Waals surface area contributed by atoms with Gasteiger partial charge < -0.3 is 13.6 Å². The standard InChI is InChI=1S/C21H40O3Si2/c1-17(16-22-25(8,9)20(2,3)4)23-18-13-12-14-19(15-18)24-26(10,11)21(5,6)7/h12-15,17H,16H2,1-11H3. The molecule has 0 fully saturated rings. The van der Waals surface area contributed by atoms with Crippen LogP contribution in [0.5, 0.6) is 11.5 Å². The smallest absolute Gasteiger partial charge is 0.250 e. The van der Waals surface area contributed by atoms with Gasteiger partial charge in [-0.05, 0) is 55.3 Å². The third kappa shape index (κ3) is 6.43. The SMILES string of the molecule is CC(CO[Si](C)(C)C(C)(C)C)Oc1cccc(O[Si](C)(C)C(C)(C)C)c1. The van der Waals surface area contributed by atoms with Crippen molar-refractivity contribution in [2.75, 3.05) is 6.61 Å². The van der Waals surface area contributed by atoms with Gasteiger partial charge in [-0.3, -0.25) is 0 Å². The molecule has 0 radical (unpaired) electrons. The molecule has 0 amide bonds. The monoisotopic (exact) mass is 396 g/mol. The lowest BCUT2D eigenvalue weighted by Gasteiger charge is -2.37.